The topological polar surface area (TPSA) is 63.6 Å². The van der Waals surface area contributed by atoms with E-state index >= 15 is 0 Å². The van der Waals surface area contributed by atoms with Crippen molar-refractivity contribution in [3.63, 3.8) is 0 Å². The Labute approximate surface area is 181 Å². The summed E-state index contributed by atoms with van der Waals surface area (Å²) >= 11 is 0. The van der Waals surface area contributed by atoms with Crippen LogP contribution in [0.2, 0.25) is 0 Å². The van der Waals surface area contributed by atoms with Gasteiger partial charge in [-0.3, -0.25) is 9.59 Å². The van der Waals surface area contributed by atoms with Crippen LogP contribution >= 0.6 is 0 Å². The highest BCUT2D eigenvalue weighted by Gasteiger charge is 2.43. The summed E-state index contributed by atoms with van der Waals surface area (Å²) in [6.07, 6.45) is 4.13. The van der Waals surface area contributed by atoms with Crippen molar-refractivity contribution in [1.82, 2.24) is 14.8 Å². The van der Waals surface area contributed by atoms with Gasteiger partial charge < -0.3 is 19.5 Å². The van der Waals surface area contributed by atoms with Crippen molar-refractivity contribution in [2.75, 3.05) is 13.2 Å². The molecule has 3 heterocycles. The molecule has 0 bridgehead atoms. The smallest absolute Gasteiger partial charge is 0.255 e. The number of amides is 2. The first-order valence-corrected chi connectivity index (χ1v) is 10.9. The molecule has 2 aliphatic rings. The number of hydrogen-bond acceptors (Lipinski definition) is 3. The molecule has 0 spiro atoms. The minimum atomic E-state index is -0.606. The monoisotopic (exact) mass is 417 g/mol. The van der Waals surface area contributed by atoms with Crippen LogP contribution < -0.4 is 5.32 Å². The van der Waals surface area contributed by atoms with E-state index < -0.39 is 6.04 Å². The summed E-state index contributed by atoms with van der Waals surface area (Å²) < 4.78 is 7.70. The maximum Gasteiger partial charge on any atom is 0.255 e. The van der Waals surface area contributed by atoms with Gasteiger partial charge in [0, 0.05) is 48.4 Å². The van der Waals surface area contributed by atoms with Crippen molar-refractivity contribution in [2.45, 2.75) is 38.0 Å². The average Bonchev–Trinajstić information content (AvgIpc) is 3.49. The van der Waals surface area contributed by atoms with Crippen LogP contribution in [0.3, 0.4) is 0 Å². The predicted molar refractivity (Wildman–Crippen MR) is 119 cm³/mol. The van der Waals surface area contributed by atoms with Gasteiger partial charge in [0.1, 0.15) is 6.04 Å². The normalized spacial score (nSPS) is 21.5. The molecule has 3 aromatic rings. The Kier molecular flexibility index (Phi) is 5.02. The molecule has 3 atom stereocenters. The third kappa shape index (κ3) is 3.31. The van der Waals surface area contributed by atoms with Gasteiger partial charge in [-0.2, -0.15) is 0 Å². The van der Waals surface area contributed by atoms with E-state index in [-0.39, 0.29) is 24.0 Å². The highest BCUT2D eigenvalue weighted by molar-refractivity contribution is 6.03. The van der Waals surface area contributed by atoms with E-state index in [1.165, 1.54) is 0 Å². The largest absolute Gasteiger partial charge is 0.376 e. The number of fused-ring (bicyclic) bond motifs is 2. The van der Waals surface area contributed by atoms with Crippen molar-refractivity contribution in [2.24, 2.45) is 7.05 Å². The Morgan fingerprint density at radius 1 is 1.16 bits per heavy atom. The first-order valence-electron chi connectivity index (χ1n) is 10.9. The molecule has 1 saturated heterocycles. The number of rotatable bonds is 5. The summed E-state index contributed by atoms with van der Waals surface area (Å²) in [5, 5.41) is 4.09. The van der Waals surface area contributed by atoms with Crippen molar-refractivity contribution < 1.29 is 14.3 Å². The van der Waals surface area contributed by atoms with Crippen LogP contribution in [0.15, 0.2) is 54.7 Å². The Morgan fingerprint density at radius 2 is 1.94 bits per heavy atom. The van der Waals surface area contributed by atoms with Crippen LogP contribution in [0.5, 0.6) is 0 Å². The number of aryl methyl sites for hydroxylation is 1. The summed E-state index contributed by atoms with van der Waals surface area (Å²) in [5.74, 6) is -0.254. The second kappa shape index (κ2) is 7.85. The zero-order valence-corrected chi connectivity index (χ0v) is 17.9. The fraction of sp³-hybridized carbons (Fsp3) is 0.360. The van der Waals surface area contributed by atoms with Gasteiger partial charge in [0.25, 0.3) is 5.91 Å². The molecule has 2 amide bonds. The first-order chi connectivity index (χ1) is 15.1. The lowest BCUT2D eigenvalue weighted by Crippen LogP contribution is -2.48. The quantitative estimate of drug-likeness (QED) is 0.692. The fourth-order valence-electron chi connectivity index (χ4n) is 4.94. The van der Waals surface area contributed by atoms with Crippen LogP contribution in [0, 0.1) is 0 Å². The van der Waals surface area contributed by atoms with E-state index in [9.17, 15) is 9.59 Å². The molecule has 0 saturated carbocycles. The van der Waals surface area contributed by atoms with Crippen LogP contribution in [-0.4, -0.2) is 46.6 Å². The molecule has 0 aliphatic carbocycles. The number of carbonyl (C=O) groups is 2. The first kappa shape index (κ1) is 19.8. The number of nitrogens with zero attached hydrogens (tertiary/aromatic N) is 2. The Morgan fingerprint density at radius 3 is 2.74 bits per heavy atom. The zero-order valence-electron chi connectivity index (χ0n) is 17.9. The summed E-state index contributed by atoms with van der Waals surface area (Å²) in [7, 11) is 2.01. The van der Waals surface area contributed by atoms with Crippen molar-refractivity contribution in [1.29, 1.82) is 0 Å². The van der Waals surface area contributed by atoms with Crippen LogP contribution in [0.25, 0.3) is 10.9 Å². The van der Waals surface area contributed by atoms with E-state index in [0.717, 1.165) is 41.5 Å². The SMILES string of the molecule is C[C@@H](C(=O)NC[C@H]1CCCO1)N1C(=O)c2ccccc2[C@H]1c1cn(C)c2ccccc12. The maximum atomic E-state index is 13.4. The second-order valence-corrected chi connectivity index (χ2v) is 8.47. The van der Waals surface area contributed by atoms with Gasteiger partial charge >= 0.3 is 0 Å². The second-order valence-electron chi connectivity index (χ2n) is 8.47. The molecule has 160 valence electrons. The van der Waals surface area contributed by atoms with Crippen LogP contribution in [0.4, 0.5) is 0 Å². The van der Waals surface area contributed by atoms with E-state index in [2.05, 4.69) is 28.2 Å². The molecule has 1 aromatic heterocycles. The number of benzene rings is 2. The molecule has 31 heavy (non-hydrogen) atoms. The maximum absolute atomic E-state index is 13.4. The van der Waals surface area contributed by atoms with Gasteiger partial charge in [-0.15, -0.1) is 0 Å². The third-order valence-corrected chi connectivity index (χ3v) is 6.55. The molecule has 1 fully saturated rings. The van der Waals surface area contributed by atoms with Gasteiger partial charge in [-0.05, 0) is 37.5 Å². The minimum absolute atomic E-state index is 0.0662. The van der Waals surface area contributed by atoms with E-state index in [1.807, 2.05) is 50.4 Å². The summed E-state index contributed by atoms with van der Waals surface area (Å²) in [6.45, 7) is 3.04. The summed E-state index contributed by atoms with van der Waals surface area (Å²) in [4.78, 5) is 28.2. The standard InChI is InChI=1S/C25H27N3O3/c1-16(24(29)26-14-17-8-7-13-31-17)28-23(19-10-3-4-11-20(19)25(28)30)21-15-27(2)22-12-6-5-9-18(21)22/h3-6,9-12,15-17,23H,7-8,13-14H2,1-2H3,(H,26,29)/t16-,17+,23-/m0/s1. The molecule has 2 aliphatic heterocycles. The van der Waals surface area contributed by atoms with E-state index in [4.69, 9.17) is 4.74 Å². The third-order valence-electron chi connectivity index (χ3n) is 6.55. The van der Waals surface area contributed by atoms with Crippen LogP contribution in [-0.2, 0) is 16.6 Å². The summed E-state index contributed by atoms with van der Waals surface area (Å²) in [5.41, 5.74) is 3.75. The number of hydrogen-bond donors (Lipinski definition) is 1. The van der Waals surface area contributed by atoms with Crippen molar-refractivity contribution in [3.05, 3.63) is 71.4 Å². The van der Waals surface area contributed by atoms with Crippen molar-refractivity contribution >= 4 is 22.7 Å². The molecular formula is C25H27N3O3. The lowest BCUT2D eigenvalue weighted by atomic mass is 9.97. The molecule has 2 aromatic carbocycles. The molecule has 5 rings (SSSR count). The molecule has 6 nitrogen and oxygen atoms in total. The molecule has 1 N–H and O–H groups in total. The van der Waals surface area contributed by atoms with Gasteiger partial charge in [-0.25, -0.2) is 0 Å². The fourth-order valence-corrected chi connectivity index (χ4v) is 4.94. The Balaban J connectivity index is 1.52. The number of aromatic nitrogens is 1. The zero-order chi connectivity index (χ0) is 21.5. The highest BCUT2D eigenvalue weighted by Crippen LogP contribution is 2.42. The van der Waals surface area contributed by atoms with Gasteiger partial charge in [0.2, 0.25) is 5.91 Å². The molecule has 6 heteroatoms. The lowest BCUT2D eigenvalue weighted by Gasteiger charge is -2.31. The van der Waals surface area contributed by atoms with E-state index in [1.54, 1.807) is 4.90 Å². The van der Waals surface area contributed by atoms with Gasteiger partial charge in [0.15, 0.2) is 0 Å². The summed E-state index contributed by atoms with van der Waals surface area (Å²) in [6, 6.07) is 14.9. The molecule has 0 radical (unpaired) electrons. The predicted octanol–water partition coefficient (Wildman–Crippen LogP) is 3.41. The Hall–Kier alpha value is -3.12. The van der Waals surface area contributed by atoms with Gasteiger partial charge in [-0.1, -0.05) is 36.4 Å². The number of nitrogens with one attached hydrogen (secondary N) is 1. The van der Waals surface area contributed by atoms with Crippen LogP contribution in [0.1, 0.15) is 47.3 Å². The molecular weight excluding hydrogens is 390 g/mol. The minimum Gasteiger partial charge on any atom is -0.376 e. The number of carbonyl (C=O) groups excluding carboxylic acids is 2. The lowest BCUT2D eigenvalue weighted by molar-refractivity contribution is -0.126. The molecule has 0 unspecified atom stereocenters. The van der Waals surface area contributed by atoms with Crippen molar-refractivity contribution in [3.8, 4) is 0 Å². The van der Waals surface area contributed by atoms with E-state index in [0.29, 0.717) is 12.1 Å². The average molecular weight is 418 g/mol. The van der Waals surface area contributed by atoms with Gasteiger partial charge in [0.05, 0.1) is 12.1 Å². The Bertz CT molecular complexity index is 1150. The number of ether oxygens (including phenoxy) is 1. The number of para-hydroxylation sites is 1. The highest BCUT2D eigenvalue weighted by atomic mass is 16.5.